The summed E-state index contributed by atoms with van der Waals surface area (Å²) >= 11 is 0. The largest absolute Gasteiger partial charge is 0.416 e. The van der Waals surface area contributed by atoms with E-state index in [9.17, 15) is 31.1 Å². The quantitative estimate of drug-likeness (QED) is 0.478. The van der Waals surface area contributed by atoms with Crippen LogP contribution in [-0.4, -0.2) is 28.5 Å². The number of hydrogen-bond donors (Lipinski definition) is 3. The summed E-state index contributed by atoms with van der Waals surface area (Å²) in [7, 11) is 0. The SMILES string of the molecule is Cc1cnc(NC2CCC(CNC(=O)c3cc(C(F)(F)F)cc(C(F)(F)F)c3)CC2)nc1N.Cl. The van der Waals surface area contributed by atoms with E-state index in [4.69, 9.17) is 5.73 Å². The number of nitrogens with zero attached hydrogens (tertiary/aromatic N) is 2. The molecule has 0 bridgehead atoms. The van der Waals surface area contributed by atoms with Crippen molar-refractivity contribution in [3.8, 4) is 0 Å². The van der Waals surface area contributed by atoms with Crippen LogP contribution in [0.3, 0.4) is 0 Å². The number of amides is 1. The number of benzene rings is 1. The standard InChI is InChI=1S/C21H23F6N5O.ClH/c1-11-9-30-19(32-17(11)28)31-16-4-2-12(3-5-16)10-29-18(33)13-6-14(20(22,23)24)8-15(7-13)21(25,26)27;/h6-9,12,16H,2-5,10H2,1H3,(H,29,33)(H3,28,30,31,32);1H. The maximum atomic E-state index is 13.0. The molecule has 0 aliphatic heterocycles. The Hall–Kier alpha value is -2.76. The van der Waals surface area contributed by atoms with Gasteiger partial charge in [0.05, 0.1) is 11.1 Å². The van der Waals surface area contributed by atoms with Crippen LogP contribution >= 0.6 is 12.4 Å². The van der Waals surface area contributed by atoms with Gasteiger partial charge in [0, 0.05) is 29.9 Å². The van der Waals surface area contributed by atoms with Crippen molar-refractivity contribution in [2.75, 3.05) is 17.6 Å². The molecule has 6 nitrogen and oxygen atoms in total. The van der Waals surface area contributed by atoms with Crippen molar-refractivity contribution in [2.24, 2.45) is 5.92 Å². The second-order valence-corrected chi connectivity index (χ2v) is 8.13. The summed E-state index contributed by atoms with van der Waals surface area (Å²) in [6, 6.07) is 0.949. The molecule has 1 amide bonds. The van der Waals surface area contributed by atoms with Crippen LogP contribution in [0.25, 0.3) is 0 Å². The Bertz CT molecular complexity index is 974. The highest BCUT2D eigenvalue weighted by Gasteiger charge is 2.37. The van der Waals surface area contributed by atoms with E-state index in [1.807, 2.05) is 0 Å². The van der Waals surface area contributed by atoms with E-state index in [2.05, 4.69) is 20.6 Å². The number of aromatic nitrogens is 2. The molecule has 1 aliphatic rings. The fourth-order valence-corrected chi connectivity index (χ4v) is 3.64. The zero-order chi connectivity index (χ0) is 24.4. The lowest BCUT2D eigenvalue weighted by Gasteiger charge is -2.29. The summed E-state index contributed by atoms with van der Waals surface area (Å²) in [5, 5.41) is 5.67. The number of rotatable bonds is 5. The lowest BCUT2D eigenvalue weighted by Crippen LogP contribution is -2.34. The molecule has 1 aliphatic carbocycles. The fraction of sp³-hybridized carbons (Fsp3) is 0.476. The number of nitrogens with two attached hydrogens (primary N) is 1. The number of hydrogen-bond acceptors (Lipinski definition) is 5. The number of nitrogens with one attached hydrogen (secondary N) is 2. The Kier molecular flexibility index (Phi) is 8.62. The first-order valence-electron chi connectivity index (χ1n) is 10.3. The van der Waals surface area contributed by atoms with Crippen molar-refractivity contribution in [3.63, 3.8) is 0 Å². The number of halogens is 7. The third-order valence-corrected chi connectivity index (χ3v) is 5.59. The van der Waals surface area contributed by atoms with Crippen LogP contribution in [0.4, 0.5) is 38.1 Å². The molecule has 0 spiro atoms. The Balaban J connectivity index is 0.00000408. The average Bonchev–Trinajstić information content (AvgIpc) is 2.74. The third kappa shape index (κ3) is 7.12. The molecule has 1 aromatic carbocycles. The van der Waals surface area contributed by atoms with E-state index in [0.717, 1.165) is 18.4 Å². The zero-order valence-corrected chi connectivity index (χ0v) is 18.9. The lowest BCUT2D eigenvalue weighted by molar-refractivity contribution is -0.143. The molecule has 188 valence electrons. The normalized spacial score (nSPS) is 18.7. The molecule has 1 fully saturated rings. The van der Waals surface area contributed by atoms with E-state index in [1.54, 1.807) is 13.1 Å². The Labute approximate surface area is 198 Å². The number of nitrogen functional groups attached to an aromatic ring is 1. The summed E-state index contributed by atoms with van der Waals surface area (Å²) < 4.78 is 77.9. The highest BCUT2D eigenvalue weighted by Crippen LogP contribution is 2.36. The summed E-state index contributed by atoms with van der Waals surface area (Å²) in [5.74, 6) is -0.133. The van der Waals surface area contributed by atoms with Gasteiger partial charge in [-0.1, -0.05) is 0 Å². The van der Waals surface area contributed by atoms with Gasteiger partial charge in [0.25, 0.3) is 5.91 Å². The van der Waals surface area contributed by atoms with Crippen LogP contribution in [0, 0.1) is 12.8 Å². The highest BCUT2D eigenvalue weighted by atomic mass is 35.5. The van der Waals surface area contributed by atoms with Crippen LogP contribution in [0.15, 0.2) is 24.4 Å². The summed E-state index contributed by atoms with van der Waals surface area (Å²) in [5.41, 5.74) is 2.82. The first-order chi connectivity index (χ1) is 15.3. The number of carbonyl (C=O) groups is 1. The van der Waals surface area contributed by atoms with Crippen LogP contribution in [0.5, 0.6) is 0 Å². The molecule has 3 rings (SSSR count). The van der Waals surface area contributed by atoms with E-state index in [1.165, 1.54) is 0 Å². The van der Waals surface area contributed by atoms with Gasteiger partial charge in [-0.3, -0.25) is 4.79 Å². The van der Waals surface area contributed by atoms with Crippen LogP contribution in [-0.2, 0) is 12.4 Å². The second-order valence-electron chi connectivity index (χ2n) is 8.13. The molecular weight excluding hydrogens is 488 g/mol. The van der Waals surface area contributed by atoms with Gasteiger partial charge in [0.1, 0.15) is 5.82 Å². The predicted octanol–water partition coefficient (Wildman–Crippen LogP) is 5.23. The topological polar surface area (TPSA) is 92.9 Å². The van der Waals surface area contributed by atoms with E-state index >= 15 is 0 Å². The third-order valence-electron chi connectivity index (χ3n) is 5.59. The highest BCUT2D eigenvalue weighted by molar-refractivity contribution is 5.94. The van der Waals surface area contributed by atoms with Crippen molar-refractivity contribution in [2.45, 2.75) is 51.0 Å². The monoisotopic (exact) mass is 511 g/mol. The zero-order valence-electron chi connectivity index (χ0n) is 18.1. The molecule has 0 saturated heterocycles. The molecule has 1 saturated carbocycles. The first-order valence-corrected chi connectivity index (χ1v) is 10.3. The van der Waals surface area contributed by atoms with Crippen molar-refractivity contribution in [1.82, 2.24) is 15.3 Å². The Morgan fingerprint density at radius 2 is 1.59 bits per heavy atom. The molecule has 4 N–H and O–H groups in total. The van der Waals surface area contributed by atoms with Gasteiger partial charge in [-0.05, 0) is 56.7 Å². The van der Waals surface area contributed by atoms with E-state index < -0.39 is 35.0 Å². The second kappa shape index (κ2) is 10.7. The molecule has 0 radical (unpaired) electrons. The molecule has 0 unspecified atom stereocenters. The summed E-state index contributed by atoms with van der Waals surface area (Å²) in [4.78, 5) is 20.7. The molecule has 1 heterocycles. The van der Waals surface area contributed by atoms with Gasteiger partial charge in [0.2, 0.25) is 5.95 Å². The fourth-order valence-electron chi connectivity index (χ4n) is 3.64. The van der Waals surface area contributed by atoms with Crippen LogP contribution in [0.1, 0.15) is 52.7 Å². The minimum Gasteiger partial charge on any atom is -0.383 e. The predicted molar refractivity (Wildman–Crippen MR) is 117 cm³/mol. The number of anilines is 2. The van der Waals surface area contributed by atoms with Crippen molar-refractivity contribution in [1.29, 1.82) is 0 Å². The average molecular weight is 512 g/mol. The maximum absolute atomic E-state index is 13.0. The lowest BCUT2D eigenvalue weighted by atomic mass is 9.86. The molecule has 2 aromatic rings. The van der Waals surface area contributed by atoms with Gasteiger partial charge in [-0.2, -0.15) is 31.3 Å². The van der Waals surface area contributed by atoms with Gasteiger partial charge in [-0.25, -0.2) is 4.98 Å². The van der Waals surface area contributed by atoms with Crippen molar-refractivity contribution in [3.05, 3.63) is 46.6 Å². The van der Waals surface area contributed by atoms with Crippen molar-refractivity contribution >= 4 is 30.1 Å². The van der Waals surface area contributed by atoms with E-state index in [0.29, 0.717) is 36.7 Å². The van der Waals surface area contributed by atoms with Gasteiger partial charge in [-0.15, -0.1) is 12.4 Å². The van der Waals surface area contributed by atoms with Crippen LogP contribution in [0.2, 0.25) is 0 Å². The van der Waals surface area contributed by atoms with Gasteiger partial charge >= 0.3 is 12.4 Å². The minimum atomic E-state index is -5.01. The van der Waals surface area contributed by atoms with Gasteiger partial charge < -0.3 is 16.4 Å². The summed E-state index contributed by atoms with van der Waals surface area (Å²) in [6.07, 6.45) is -5.52. The minimum absolute atomic E-state index is 0. The van der Waals surface area contributed by atoms with Gasteiger partial charge in [0.15, 0.2) is 0 Å². The Morgan fingerprint density at radius 3 is 2.09 bits per heavy atom. The number of alkyl halides is 6. The maximum Gasteiger partial charge on any atom is 0.416 e. The molecule has 13 heteroatoms. The Morgan fingerprint density at radius 1 is 1.03 bits per heavy atom. The smallest absolute Gasteiger partial charge is 0.383 e. The molecule has 0 atom stereocenters. The molecule has 1 aromatic heterocycles. The molecule has 34 heavy (non-hydrogen) atoms. The van der Waals surface area contributed by atoms with Crippen LogP contribution < -0.4 is 16.4 Å². The van der Waals surface area contributed by atoms with Crippen molar-refractivity contribution < 1.29 is 31.1 Å². The summed E-state index contributed by atoms with van der Waals surface area (Å²) in [6.45, 7) is 1.94. The molecular formula is C21H24ClF6N5O. The number of carbonyl (C=O) groups excluding carboxylic acids is 1. The number of aryl methyl sites for hydroxylation is 1. The first kappa shape index (κ1) is 27.5. The van der Waals surface area contributed by atoms with E-state index in [-0.39, 0.29) is 37.0 Å².